The second-order valence-corrected chi connectivity index (χ2v) is 4.23. The number of carbonyl (C=O) groups excluding carboxylic acids is 1. The van der Waals surface area contributed by atoms with Crippen LogP contribution in [0, 0.1) is 10.1 Å². The number of hydrogen-bond acceptors (Lipinski definition) is 5. The lowest BCUT2D eigenvalue weighted by Crippen LogP contribution is -2.35. The van der Waals surface area contributed by atoms with Crippen molar-refractivity contribution >= 4 is 17.3 Å². The van der Waals surface area contributed by atoms with Crippen LogP contribution in [0.3, 0.4) is 0 Å². The highest BCUT2D eigenvalue weighted by atomic mass is 16.6. The van der Waals surface area contributed by atoms with Gasteiger partial charge in [0, 0.05) is 19.2 Å². The maximum Gasteiger partial charge on any atom is 0.292 e. The van der Waals surface area contributed by atoms with E-state index in [1.165, 1.54) is 6.07 Å². The van der Waals surface area contributed by atoms with Gasteiger partial charge in [-0.2, -0.15) is 0 Å². The molecule has 0 unspecified atom stereocenters. The van der Waals surface area contributed by atoms with Crippen LogP contribution in [0.4, 0.5) is 11.4 Å². The normalized spacial score (nSPS) is 10.1. The second kappa shape index (κ2) is 8.87. The predicted octanol–water partition coefficient (Wildman–Crippen LogP) is 1.12. The molecule has 0 fully saturated rings. The maximum absolute atomic E-state index is 11.6. The zero-order valence-electron chi connectivity index (χ0n) is 11.5. The summed E-state index contributed by atoms with van der Waals surface area (Å²) in [5, 5.41) is 19.5. The first-order valence-corrected chi connectivity index (χ1v) is 6.60. The number of nitrogens with one attached hydrogen (secondary N) is 3. The van der Waals surface area contributed by atoms with E-state index in [1.54, 1.807) is 18.2 Å². The fraction of sp³-hybridized carbons (Fsp3) is 0.462. The molecule has 1 aromatic rings. The quantitative estimate of drug-likeness (QED) is 0.358. The Morgan fingerprint density at radius 3 is 2.70 bits per heavy atom. The molecule has 1 amide bonds. The highest BCUT2D eigenvalue weighted by Gasteiger charge is 2.12. The largest absolute Gasteiger partial charge is 0.371 e. The Labute approximate surface area is 117 Å². The molecule has 20 heavy (non-hydrogen) atoms. The van der Waals surface area contributed by atoms with Gasteiger partial charge in [0.2, 0.25) is 5.91 Å². The number of rotatable bonds is 9. The fourth-order valence-electron chi connectivity index (χ4n) is 1.61. The Hall–Kier alpha value is -2.15. The zero-order chi connectivity index (χ0) is 14.8. The van der Waals surface area contributed by atoms with Crippen LogP contribution in [0.2, 0.25) is 0 Å². The molecule has 1 rings (SSSR count). The van der Waals surface area contributed by atoms with Gasteiger partial charge in [0.05, 0.1) is 11.5 Å². The fourth-order valence-corrected chi connectivity index (χ4v) is 1.61. The summed E-state index contributed by atoms with van der Waals surface area (Å²) in [6.45, 7) is 4.26. The van der Waals surface area contributed by atoms with Gasteiger partial charge in [-0.25, -0.2) is 0 Å². The molecule has 0 atom stereocenters. The first-order chi connectivity index (χ1) is 9.65. The van der Waals surface area contributed by atoms with Gasteiger partial charge in [-0.1, -0.05) is 19.1 Å². The summed E-state index contributed by atoms with van der Waals surface area (Å²) in [7, 11) is 0. The SMILES string of the molecule is CCCNCCNC(=O)CNc1ccccc1[N+](=O)[O-]. The molecule has 0 radical (unpaired) electrons. The summed E-state index contributed by atoms with van der Waals surface area (Å²) in [6, 6.07) is 6.24. The van der Waals surface area contributed by atoms with Crippen LogP contribution in [-0.4, -0.2) is 37.0 Å². The molecular formula is C13H20N4O3. The lowest BCUT2D eigenvalue weighted by Gasteiger charge is -2.08. The Bertz CT molecular complexity index is 451. The minimum atomic E-state index is -0.477. The van der Waals surface area contributed by atoms with E-state index in [4.69, 9.17) is 0 Å². The molecule has 0 aliphatic carbocycles. The van der Waals surface area contributed by atoms with E-state index in [2.05, 4.69) is 22.9 Å². The number of nitro benzene ring substituents is 1. The van der Waals surface area contributed by atoms with Crippen LogP contribution >= 0.6 is 0 Å². The molecule has 7 nitrogen and oxygen atoms in total. The minimum Gasteiger partial charge on any atom is -0.371 e. The van der Waals surface area contributed by atoms with Gasteiger partial charge in [0.15, 0.2) is 0 Å². The van der Waals surface area contributed by atoms with E-state index < -0.39 is 4.92 Å². The van der Waals surface area contributed by atoms with E-state index in [0.717, 1.165) is 13.0 Å². The molecule has 0 aromatic heterocycles. The number of nitrogens with zero attached hydrogens (tertiary/aromatic N) is 1. The van der Waals surface area contributed by atoms with Crippen molar-refractivity contribution in [3.05, 3.63) is 34.4 Å². The number of benzene rings is 1. The Morgan fingerprint density at radius 2 is 2.00 bits per heavy atom. The Kier molecular flexibility index (Phi) is 7.05. The van der Waals surface area contributed by atoms with Crippen molar-refractivity contribution < 1.29 is 9.72 Å². The molecule has 0 heterocycles. The standard InChI is InChI=1S/C13H20N4O3/c1-2-7-14-8-9-15-13(18)10-16-11-5-3-4-6-12(11)17(19)20/h3-6,14,16H,2,7-10H2,1H3,(H,15,18). The van der Waals surface area contributed by atoms with Gasteiger partial charge in [-0.15, -0.1) is 0 Å². The number of hydrogen-bond donors (Lipinski definition) is 3. The van der Waals surface area contributed by atoms with Gasteiger partial charge < -0.3 is 16.0 Å². The lowest BCUT2D eigenvalue weighted by molar-refractivity contribution is -0.383. The molecule has 1 aromatic carbocycles. The van der Waals surface area contributed by atoms with E-state index in [-0.39, 0.29) is 18.1 Å². The van der Waals surface area contributed by atoms with Gasteiger partial charge in [-0.05, 0) is 19.0 Å². The zero-order valence-corrected chi connectivity index (χ0v) is 11.5. The first kappa shape index (κ1) is 15.9. The number of nitro groups is 1. The molecule has 0 saturated heterocycles. The van der Waals surface area contributed by atoms with Crippen molar-refractivity contribution in [2.75, 3.05) is 31.5 Å². The molecule has 0 aliphatic rings. The third kappa shape index (κ3) is 5.66. The summed E-state index contributed by atoms with van der Waals surface area (Å²) < 4.78 is 0. The van der Waals surface area contributed by atoms with Crippen molar-refractivity contribution in [3.8, 4) is 0 Å². The smallest absolute Gasteiger partial charge is 0.292 e. The third-order valence-corrected chi connectivity index (χ3v) is 2.59. The summed E-state index contributed by atoms with van der Waals surface area (Å²) in [5.74, 6) is -0.193. The van der Waals surface area contributed by atoms with Gasteiger partial charge in [0.1, 0.15) is 5.69 Å². The number of carbonyl (C=O) groups is 1. The van der Waals surface area contributed by atoms with E-state index >= 15 is 0 Å². The molecule has 3 N–H and O–H groups in total. The van der Waals surface area contributed by atoms with Gasteiger partial charge in [-0.3, -0.25) is 14.9 Å². The molecule has 0 spiro atoms. The van der Waals surface area contributed by atoms with Crippen molar-refractivity contribution in [1.82, 2.24) is 10.6 Å². The van der Waals surface area contributed by atoms with Crippen LogP contribution in [-0.2, 0) is 4.79 Å². The summed E-state index contributed by atoms with van der Waals surface area (Å²) >= 11 is 0. The van der Waals surface area contributed by atoms with E-state index in [1.807, 2.05) is 0 Å². The number of para-hydroxylation sites is 2. The first-order valence-electron chi connectivity index (χ1n) is 6.60. The van der Waals surface area contributed by atoms with Crippen LogP contribution in [0.15, 0.2) is 24.3 Å². The van der Waals surface area contributed by atoms with Crippen LogP contribution in [0.25, 0.3) is 0 Å². The predicted molar refractivity (Wildman–Crippen MR) is 77.8 cm³/mol. The van der Waals surface area contributed by atoms with Crippen LogP contribution in [0.1, 0.15) is 13.3 Å². The topological polar surface area (TPSA) is 96.3 Å². The van der Waals surface area contributed by atoms with Crippen molar-refractivity contribution in [3.63, 3.8) is 0 Å². The average Bonchev–Trinajstić information content (AvgIpc) is 2.45. The van der Waals surface area contributed by atoms with Crippen molar-refractivity contribution in [2.24, 2.45) is 0 Å². The molecular weight excluding hydrogens is 260 g/mol. The number of amides is 1. The molecule has 110 valence electrons. The van der Waals surface area contributed by atoms with Crippen molar-refractivity contribution in [2.45, 2.75) is 13.3 Å². The lowest BCUT2D eigenvalue weighted by atomic mass is 10.2. The molecule has 0 aliphatic heterocycles. The Balaban J connectivity index is 2.32. The summed E-state index contributed by atoms with van der Waals surface area (Å²) in [5.41, 5.74) is 0.307. The maximum atomic E-state index is 11.6. The molecule has 7 heteroatoms. The molecule has 0 saturated carbocycles. The highest BCUT2D eigenvalue weighted by molar-refractivity contribution is 5.81. The van der Waals surface area contributed by atoms with Gasteiger partial charge in [0.25, 0.3) is 5.69 Å². The average molecular weight is 280 g/mol. The van der Waals surface area contributed by atoms with Crippen LogP contribution in [0.5, 0.6) is 0 Å². The van der Waals surface area contributed by atoms with Gasteiger partial charge >= 0.3 is 0 Å². The highest BCUT2D eigenvalue weighted by Crippen LogP contribution is 2.22. The van der Waals surface area contributed by atoms with E-state index in [9.17, 15) is 14.9 Å². The third-order valence-electron chi connectivity index (χ3n) is 2.59. The van der Waals surface area contributed by atoms with Crippen LogP contribution < -0.4 is 16.0 Å². The monoisotopic (exact) mass is 280 g/mol. The summed E-state index contributed by atoms with van der Waals surface area (Å²) in [4.78, 5) is 21.9. The minimum absolute atomic E-state index is 0.0125. The molecule has 0 bridgehead atoms. The summed E-state index contributed by atoms with van der Waals surface area (Å²) in [6.07, 6.45) is 1.05. The second-order valence-electron chi connectivity index (χ2n) is 4.23. The Morgan fingerprint density at radius 1 is 1.25 bits per heavy atom. The number of anilines is 1. The van der Waals surface area contributed by atoms with E-state index in [0.29, 0.717) is 18.8 Å². The van der Waals surface area contributed by atoms with Crippen molar-refractivity contribution in [1.29, 1.82) is 0 Å².